The minimum atomic E-state index is -0.271. The number of hydrogen-bond acceptors (Lipinski definition) is 2. The lowest BCUT2D eigenvalue weighted by atomic mass is 9.53. The average Bonchev–Trinajstić information content (AvgIpc) is 3.04. The van der Waals surface area contributed by atoms with Crippen molar-refractivity contribution in [3.05, 3.63) is 34.9 Å². The van der Waals surface area contributed by atoms with Crippen molar-refractivity contribution in [1.29, 1.82) is 0 Å². The first-order valence-corrected chi connectivity index (χ1v) is 12.1. The average molecular weight is 397 g/mol. The monoisotopic (exact) mass is 396 g/mol. The highest BCUT2D eigenvalue weighted by molar-refractivity contribution is 6.07. The molecule has 0 radical (unpaired) electrons. The molecule has 2 nitrogen and oxygen atoms in total. The van der Waals surface area contributed by atoms with E-state index in [9.17, 15) is 9.90 Å². The van der Waals surface area contributed by atoms with Gasteiger partial charge in [0.15, 0.2) is 5.78 Å². The summed E-state index contributed by atoms with van der Waals surface area (Å²) in [5.74, 6) is 2.58. The van der Waals surface area contributed by atoms with Crippen molar-refractivity contribution >= 4 is 5.78 Å². The summed E-state index contributed by atoms with van der Waals surface area (Å²) in [6, 6.07) is 0. The van der Waals surface area contributed by atoms with E-state index in [1.807, 2.05) is 6.08 Å². The minimum Gasteiger partial charge on any atom is -0.393 e. The highest BCUT2D eigenvalue weighted by Crippen LogP contribution is 2.64. The number of aliphatic hydroxyl groups is 1. The van der Waals surface area contributed by atoms with Crippen LogP contribution in [0.1, 0.15) is 86.0 Å². The van der Waals surface area contributed by atoms with E-state index < -0.39 is 0 Å². The van der Waals surface area contributed by atoms with E-state index in [-0.39, 0.29) is 22.7 Å². The van der Waals surface area contributed by atoms with Crippen LogP contribution < -0.4 is 0 Å². The number of rotatable bonds is 4. The molecule has 0 spiro atoms. The molecule has 2 heteroatoms. The Bertz CT molecular complexity index is 771. The van der Waals surface area contributed by atoms with Gasteiger partial charge in [0.05, 0.1) is 6.10 Å². The van der Waals surface area contributed by atoms with Gasteiger partial charge in [-0.15, -0.1) is 0 Å². The second-order valence-corrected chi connectivity index (χ2v) is 11.0. The van der Waals surface area contributed by atoms with Gasteiger partial charge in [0, 0.05) is 11.0 Å². The standard InChI is InChI=1S/C27H40O2/c1-6-17(2)7-8-18(3)21-9-10-22-25-23(12-14-27(21,22)5)26(4)13-11-20(28)15-19(26)16-24(25)29/h7-8,16-18,20-22,28H,6,9-15H2,1-5H3/b8-7+/t17-,18+,20-,21-,22+,26-,27+/m0/s1. The summed E-state index contributed by atoms with van der Waals surface area (Å²) in [5, 5.41) is 10.2. The van der Waals surface area contributed by atoms with Gasteiger partial charge in [-0.3, -0.25) is 4.79 Å². The molecule has 0 heterocycles. The summed E-state index contributed by atoms with van der Waals surface area (Å²) in [4.78, 5) is 13.3. The minimum absolute atomic E-state index is 0.0178. The fourth-order valence-corrected chi connectivity index (χ4v) is 7.23. The van der Waals surface area contributed by atoms with E-state index in [2.05, 4.69) is 46.8 Å². The zero-order chi connectivity index (χ0) is 21.0. The van der Waals surface area contributed by atoms with Crippen LogP contribution in [0.3, 0.4) is 0 Å². The Kier molecular flexibility index (Phi) is 5.47. The van der Waals surface area contributed by atoms with Gasteiger partial charge in [-0.25, -0.2) is 0 Å². The van der Waals surface area contributed by atoms with Crippen LogP contribution in [0.2, 0.25) is 0 Å². The number of fused-ring (bicyclic) bond motifs is 4. The van der Waals surface area contributed by atoms with Gasteiger partial charge in [-0.1, -0.05) is 64.3 Å². The molecule has 1 N–H and O–H groups in total. The van der Waals surface area contributed by atoms with Crippen molar-refractivity contribution in [2.75, 3.05) is 0 Å². The van der Waals surface area contributed by atoms with Crippen LogP contribution in [0.15, 0.2) is 34.9 Å². The highest BCUT2D eigenvalue weighted by Gasteiger charge is 2.56. The van der Waals surface area contributed by atoms with Crippen LogP contribution in [0.5, 0.6) is 0 Å². The quantitative estimate of drug-likeness (QED) is 0.558. The smallest absolute Gasteiger partial charge is 0.182 e. The molecule has 0 amide bonds. The SMILES string of the molecule is CC[C@H](C)/C=C/[C@@H](C)[C@@H]1CC[C@@H]2C3=C(CC[C@@]21C)[C@@]1(C)CC[C@H](O)CC1=CC3=O. The second kappa shape index (κ2) is 7.52. The van der Waals surface area contributed by atoms with Crippen LogP contribution in [-0.4, -0.2) is 17.0 Å². The first kappa shape index (κ1) is 21.1. The molecular formula is C27H40O2. The topological polar surface area (TPSA) is 37.3 Å². The fraction of sp³-hybridized carbons (Fsp3) is 0.741. The molecule has 0 aromatic carbocycles. The Morgan fingerprint density at radius 1 is 1.17 bits per heavy atom. The summed E-state index contributed by atoms with van der Waals surface area (Å²) >= 11 is 0. The number of aliphatic hydroxyl groups excluding tert-OH is 1. The van der Waals surface area contributed by atoms with Crippen molar-refractivity contribution in [2.45, 2.75) is 92.1 Å². The van der Waals surface area contributed by atoms with Gasteiger partial charge < -0.3 is 5.11 Å². The largest absolute Gasteiger partial charge is 0.393 e. The van der Waals surface area contributed by atoms with Crippen LogP contribution in [0.25, 0.3) is 0 Å². The van der Waals surface area contributed by atoms with Crippen molar-refractivity contribution in [3.8, 4) is 0 Å². The summed E-state index contributed by atoms with van der Waals surface area (Å²) < 4.78 is 0. The molecule has 29 heavy (non-hydrogen) atoms. The predicted molar refractivity (Wildman–Crippen MR) is 119 cm³/mol. The lowest BCUT2D eigenvalue weighted by molar-refractivity contribution is -0.113. The van der Waals surface area contributed by atoms with E-state index in [1.54, 1.807) is 0 Å². The lowest BCUT2D eigenvalue weighted by Gasteiger charge is -2.51. The first-order chi connectivity index (χ1) is 13.7. The Labute approximate surface area is 177 Å². The molecule has 0 saturated heterocycles. The maximum absolute atomic E-state index is 13.3. The van der Waals surface area contributed by atoms with E-state index in [1.165, 1.54) is 36.0 Å². The number of ketones is 1. The van der Waals surface area contributed by atoms with Gasteiger partial charge in [-0.05, 0) is 80.1 Å². The Morgan fingerprint density at radius 2 is 1.93 bits per heavy atom. The van der Waals surface area contributed by atoms with Gasteiger partial charge >= 0.3 is 0 Å². The van der Waals surface area contributed by atoms with Crippen LogP contribution in [0, 0.1) is 34.5 Å². The first-order valence-electron chi connectivity index (χ1n) is 12.1. The van der Waals surface area contributed by atoms with E-state index in [0.717, 1.165) is 25.7 Å². The maximum Gasteiger partial charge on any atom is 0.182 e. The van der Waals surface area contributed by atoms with Crippen LogP contribution >= 0.6 is 0 Å². The molecular weight excluding hydrogens is 356 g/mol. The molecule has 2 saturated carbocycles. The van der Waals surface area contributed by atoms with Crippen LogP contribution in [-0.2, 0) is 4.79 Å². The second-order valence-electron chi connectivity index (χ2n) is 11.0. The summed E-state index contributed by atoms with van der Waals surface area (Å²) in [7, 11) is 0. The highest BCUT2D eigenvalue weighted by atomic mass is 16.3. The third-order valence-corrected chi connectivity index (χ3v) is 9.40. The third kappa shape index (κ3) is 3.30. The molecule has 7 atom stereocenters. The fourth-order valence-electron chi connectivity index (χ4n) is 7.23. The molecule has 4 rings (SSSR count). The number of hydrogen-bond donors (Lipinski definition) is 1. The van der Waals surface area contributed by atoms with E-state index >= 15 is 0 Å². The Hall–Kier alpha value is -1.15. The molecule has 0 bridgehead atoms. The number of carbonyl (C=O) groups excluding carboxylic acids is 1. The molecule has 160 valence electrons. The normalized spacial score (nSPS) is 41.7. The van der Waals surface area contributed by atoms with Crippen molar-refractivity contribution in [3.63, 3.8) is 0 Å². The molecule has 0 aliphatic heterocycles. The number of allylic oxidation sites excluding steroid dienone is 5. The summed E-state index contributed by atoms with van der Waals surface area (Å²) in [5.41, 5.74) is 4.08. The maximum atomic E-state index is 13.3. The van der Waals surface area contributed by atoms with Crippen LogP contribution in [0.4, 0.5) is 0 Å². The van der Waals surface area contributed by atoms with Crippen molar-refractivity contribution in [2.24, 2.45) is 34.5 Å². The van der Waals surface area contributed by atoms with E-state index in [0.29, 0.717) is 30.1 Å². The Balaban J connectivity index is 1.64. The van der Waals surface area contributed by atoms with Crippen molar-refractivity contribution in [1.82, 2.24) is 0 Å². The summed E-state index contributed by atoms with van der Waals surface area (Å²) in [6.45, 7) is 11.8. The molecule has 2 fully saturated rings. The molecule has 4 aliphatic rings. The zero-order valence-electron chi connectivity index (χ0n) is 19.1. The summed E-state index contributed by atoms with van der Waals surface area (Å²) in [6.07, 6.45) is 14.9. The molecule has 0 aromatic heterocycles. The van der Waals surface area contributed by atoms with Crippen molar-refractivity contribution < 1.29 is 9.90 Å². The molecule has 0 aromatic rings. The zero-order valence-corrected chi connectivity index (χ0v) is 19.1. The third-order valence-electron chi connectivity index (χ3n) is 9.40. The van der Waals surface area contributed by atoms with E-state index in [4.69, 9.17) is 0 Å². The molecule has 0 unspecified atom stereocenters. The molecule has 4 aliphatic carbocycles. The van der Waals surface area contributed by atoms with Gasteiger partial charge in [-0.2, -0.15) is 0 Å². The Morgan fingerprint density at radius 3 is 2.66 bits per heavy atom. The van der Waals surface area contributed by atoms with Gasteiger partial charge in [0.1, 0.15) is 0 Å². The predicted octanol–water partition coefficient (Wildman–Crippen LogP) is 6.41. The number of carbonyl (C=O) groups is 1. The van der Waals surface area contributed by atoms with Gasteiger partial charge in [0.2, 0.25) is 0 Å². The van der Waals surface area contributed by atoms with Gasteiger partial charge in [0.25, 0.3) is 0 Å². The lowest BCUT2D eigenvalue weighted by Crippen LogP contribution is -2.44.